The van der Waals surface area contributed by atoms with Gasteiger partial charge in [-0.3, -0.25) is 0 Å². The topological polar surface area (TPSA) is 9.23 Å². The molecule has 0 saturated carbocycles. The largest absolute Gasteiger partial charge is 0.375 e. The van der Waals surface area contributed by atoms with Crippen molar-refractivity contribution in [2.45, 2.75) is 45.6 Å². The Morgan fingerprint density at radius 1 is 1.50 bits per heavy atom. The highest BCUT2D eigenvalue weighted by atomic mass is 16.5. The summed E-state index contributed by atoms with van der Waals surface area (Å²) >= 11 is 0. The Morgan fingerprint density at radius 3 is 2.60 bits per heavy atom. The Morgan fingerprint density at radius 2 is 2.20 bits per heavy atom. The summed E-state index contributed by atoms with van der Waals surface area (Å²) in [5.41, 5.74) is 0.167. The molecule has 1 unspecified atom stereocenters. The zero-order valence-electron chi connectivity index (χ0n) is 7.31. The van der Waals surface area contributed by atoms with Crippen molar-refractivity contribution in [1.29, 1.82) is 0 Å². The molecule has 1 fully saturated rings. The minimum absolute atomic E-state index is 0.167. The number of hydrogen-bond acceptors (Lipinski definition) is 1. The fourth-order valence-corrected chi connectivity index (χ4v) is 1.75. The van der Waals surface area contributed by atoms with E-state index in [1.54, 1.807) is 0 Å². The molecular weight excluding hydrogens is 124 g/mol. The van der Waals surface area contributed by atoms with Gasteiger partial charge >= 0.3 is 0 Å². The lowest BCUT2D eigenvalue weighted by atomic mass is 9.95. The fourth-order valence-electron chi connectivity index (χ4n) is 1.75. The van der Waals surface area contributed by atoms with Gasteiger partial charge < -0.3 is 4.74 Å². The van der Waals surface area contributed by atoms with Crippen LogP contribution in [0.15, 0.2) is 0 Å². The molecule has 0 N–H and O–H groups in total. The summed E-state index contributed by atoms with van der Waals surface area (Å²) in [6.07, 6.45) is 3.88. The van der Waals surface area contributed by atoms with Crippen molar-refractivity contribution in [3.8, 4) is 0 Å². The van der Waals surface area contributed by atoms with Crippen LogP contribution in [0.1, 0.15) is 40.0 Å². The van der Waals surface area contributed by atoms with Gasteiger partial charge in [-0.15, -0.1) is 0 Å². The van der Waals surface area contributed by atoms with Gasteiger partial charge in [0.05, 0.1) is 12.2 Å². The summed E-state index contributed by atoms with van der Waals surface area (Å²) in [4.78, 5) is 0. The lowest BCUT2D eigenvalue weighted by molar-refractivity contribution is 0.0348. The van der Waals surface area contributed by atoms with E-state index in [1.165, 1.54) is 19.3 Å². The Bertz CT molecular complexity index is 107. The van der Waals surface area contributed by atoms with Gasteiger partial charge in [-0.1, -0.05) is 13.3 Å². The van der Waals surface area contributed by atoms with Crippen LogP contribution in [0.25, 0.3) is 0 Å². The molecule has 0 aromatic heterocycles. The molecule has 10 heavy (non-hydrogen) atoms. The third-order valence-corrected chi connectivity index (χ3v) is 2.19. The van der Waals surface area contributed by atoms with Crippen LogP contribution in [0.3, 0.4) is 0 Å². The van der Waals surface area contributed by atoms with Crippen molar-refractivity contribution in [3.05, 3.63) is 0 Å². The van der Waals surface area contributed by atoms with Crippen LogP contribution >= 0.6 is 0 Å². The monoisotopic (exact) mass is 142 g/mol. The van der Waals surface area contributed by atoms with E-state index in [9.17, 15) is 0 Å². The number of hydrogen-bond donors (Lipinski definition) is 0. The van der Waals surface area contributed by atoms with Crippen molar-refractivity contribution in [2.24, 2.45) is 5.92 Å². The molecule has 60 valence electrons. The highest BCUT2D eigenvalue weighted by Crippen LogP contribution is 2.31. The average Bonchev–Trinajstić information content (AvgIpc) is 2.12. The molecule has 0 amide bonds. The second kappa shape index (κ2) is 2.91. The zero-order valence-corrected chi connectivity index (χ0v) is 7.31. The Labute approximate surface area is 63.8 Å². The van der Waals surface area contributed by atoms with Gasteiger partial charge in [0.1, 0.15) is 0 Å². The predicted molar refractivity (Wildman–Crippen MR) is 43.0 cm³/mol. The molecule has 0 spiro atoms. The maximum atomic E-state index is 5.61. The smallest absolute Gasteiger partial charge is 0.0630 e. The van der Waals surface area contributed by atoms with Crippen LogP contribution in [0.2, 0.25) is 0 Å². The molecule has 1 aliphatic rings. The summed E-state index contributed by atoms with van der Waals surface area (Å²) in [5.74, 6) is 0.833. The van der Waals surface area contributed by atoms with Gasteiger partial charge in [0.25, 0.3) is 0 Å². The van der Waals surface area contributed by atoms with Crippen molar-refractivity contribution >= 4 is 0 Å². The van der Waals surface area contributed by atoms with Crippen molar-refractivity contribution in [1.82, 2.24) is 0 Å². The van der Waals surface area contributed by atoms with Gasteiger partial charge in [0.2, 0.25) is 0 Å². The van der Waals surface area contributed by atoms with E-state index in [1.807, 2.05) is 0 Å². The van der Waals surface area contributed by atoms with Gasteiger partial charge in [0, 0.05) is 0 Å². The molecule has 0 aromatic rings. The second-order valence-electron chi connectivity index (χ2n) is 3.93. The van der Waals surface area contributed by atoms with E-state index < -0.39 is 0 Å². The normalized spacial score (nSPS) is 30.9. The quantitative estimate of drug-likeness (QED) is 0.576. The summed E-state index contributed by atoms with van der Waals surface area (Å²) in [7, 11) is 0. The summed E-state index contributed by atoms with van der Waals surface area (Å²) in [5, 5.41) is 0. The van der Waals surface area contributed by atoms with Crippen molar-refractivity contribution in [2.75, 3.05) is 6.61 Å². The summed E-state index contributed by atoms with van der Waals surface area (Å²) in [6.45, 7) is 7.59. The average molecular weight is 142 g/mol. The lowest BCUT2D eigenvalue weighted by Gasteiger charge is -2.15. The van der Waals surface area contributed by atoms with E-state index in [0.29, 0.717) is 0 Å². The summed E-state index contributed by atoms with van der Waals surface area (Å²) < 4.78 is 5.61. The molecule has 0 aromatic carbocycles. The molecule has 1 heterocycles. The third kappa shape index (κ3) is 1.98. The predicted octanol–water partition coefficient (Wildman–Crippen LogP) is 2.60. The summed E-state index contributed by atoms with van der Waals surface area (Å²) in [6, 6.07) is 0. The Balaban J connectivity index is 2.29. The van der Waals surface area contributed by atoms with Crippen LogP contribution in [0.4, 0.5) is 0 Å². The number of ether oxygens (including phenoxy) is 1. The van der Waals surface area contributed by atoms with Gasteiger partial charge in [-0.25, -0.2) is 0 Å². The van der Waals surface area contributed by atoms with Gasteiger partial charge in [0.15, 0.2) is 0 Å². The SMILES string of the molecule is CCCC1COC(C)(C)C1. The molecule has 1 saturated heterocycles. The van der Waals surface area contributed by atoms with E-state index in [2.05, 4.69) is 20.8 Å². The molecule has 0 bridgehead atoms. The Kier molecular flexibility index (Phi) is 2.35. The second-order valence-corrected chi connectivity index (χ2v) is 3.93. The van der Waals surface area contributed by atoms with Crippen LogP contribution in [-0.4, -0.2) is 12.2 Å². The van der Waals surface area contributed by atoms with Crippen LogP contribution in [0, 0.1) is 5.92 Å². The highest BCUT2D eigenvalue weighted by Gasteiger charge is 2.30. The first-order chi connectivity index (χ1) is 4.64. The van der Waals surface area contributed by atoms with E-state index in [4.69, 9.17) is 4.74 Å². The highest BCUT2D eigenvalue weighted by molar-refractivity contribution is 4.80. The molecule has 1 aliphatic heterocycles. The van der Waals surface area contributed by atoms with Crippen LogP contribution in [-0.2, 0) is 4.74 Å². The lowest BCUT2D eigenvalue weighted by Crippen LogP contribution is -2.16. The maximum Gasteiger partial charge on any atom is 0.0630 e. The molecule has 1 nitrogen and oxygen atoms in total. The van der Waals surface area contributed by atoms with Crippen molar-refractivity contribution in [3.63, 3.8) is 0 Å². The zero-order chi connectivity index (χ0) is 7.61. The van der Waals surface area contributed by atoms with Gasteiger partial charge in [-0.2, -0.15) is 0 Å². The molecule has 1 atom stereocenters. The molecule has 1 rings (SSSR count). The van der Waals surface area contributed by atoms with Crippen molar-refractivity contribution < 1.29 is 4.74 Å². The van der Waals surface area contributed by atoms with E-state index in [0.717, 1.165) is 12.5 Å². The number of rotatable bonds is 2. The maximum absolute atomic E-state index is 5.61. The van der Waals surface area contributed by atoms with E-state index in [-0.39, 0.29) is 5.60 Å². The van der Waals surface area contributed by atoms with Crippen LogP contribution in [0.5, 0.6) is 0 Å². The molecule has 0 radical (unpaired) electrons. The molecular formula is C9H18O. The minimum Gasteiger partial charge on any atom is -0.375 e. The third-order valence-electron chi connectivity index (χ3n) is 2.19. The first-order valence-corrected chi connectivity index (χ1v) is 4.28. The van der Waals surface area contributed by atoms with E-state index >= 15 is 0 Å². The fraction of sp³-hybridized carbons (Fsp3) is 1.00. The first-order valence-electron chi connectivity index (χ1n) is 4.28. The minimum atomic E-state index is 0.167. The standard InChI is InChI=1S/C9H18O/c1-4-5-8-6-9(2,3)10-7-8/h8H,4-7H2,1-3H3. The molecule has 0 aliphatic carbocycles. The molecule has 1 heteroatoms. The van der Waals surface area contributed by atoms with Crippen LogP contribution < -0.4 is 0 Å². The Hall–Kier alpha value is -0.0400. The van der Waals surface area contributed by atoms with Gasteiger partial charge in [-0.05, 0) is 32.6 Å². The first kappa shape index (κ1) is 8.06.